The van der Waals surface area contributed by atoms with Crippen LogP contribution in [-0.2, 0) is 6.42 Å². The van der Waals surface area contributed by atoms with Crippen LogP contribution >= 0.6 is 11.6 Å². The first-order valence-electron chi connectivity index (χ1n) is 8.13. The molecule has 1 aliphatic carbocycles. The molecule has 1 unspecified atom stereocenters. The fraction of sp³-hybridized carbons (Fsp3) is 0.667. The normalized spacial score (nSPS) is 18.4. The van der Waals surface area contributed by atoms with Gasteiger partial charge in [-0.25, -0.2) is 0 Å². The van der Waals surface area contributed by atoms with Crippen LogP contribution < -0.4 is 5.32 Å². The minimum atomic E-state index is 0.562. The Morgan fingerprint density at radius 2 is 1.85 bits per heavy atom. The highest BCUT2D eigenvalue weighted by molar-refractivity contribution is 6.31. The average Bonchev–Trinajstić information content (AvgIpc) is 2.46. The zero-order valence-electron chi connectivity index (χ0n) is 12.9. The van der Waals surface area contributed by atoms with E-state index in [-0.39, 0.29) is 0 Å². The lowest BCUT2D eigenvalue weighted by Gasteiger charge is -2.31. The number of nitrogens with one attached hydrogen (secondary N) is 1. The second-order valence-corrected chi connectivity index (χ2v) is 6.92. The molecule has 1 atom stereocenters. The maximum absolute atomic E-state index is 6.35. The van der Waals surface area contributed by atoms with Crippen LogP contribution in [0.3, 0.4) is 0 Å². The molecule has 0 heterocycles. The summed E-state index contributed by atoms with van der Waals surface area (Å²) in [7, 11) is 0. The first-order chi connectivity index (χ1) is 9.66. The lowest BCUT2D eigenvalue weighted by molar-refractivity contribution is 0.236. The van der Waals surface area contributed by atoms with E-state index in [1.54, 1.807) is 0 Å². The van der Waals surface area contributed by atoms with Crippen molar-refractivity contribution in [2.75, 3.05) is 6.54 Å². The molecule has 0 aromatic heterocycles. The van der Waals surface area contributed by atoms with E-state index in [2.05, 4.69) is 31.3 Å². The molecule has 1 saturated carbocycles. The molecular formula is C18H28ClN. The first-order valence-corrected chi connectivity index (χ1v) is 8.51. The summed E-state index contributed by atoms with van der Waals surface area (Å²) in [5.41, 5.74) is 1.32. The van der Waals surface area contributed by atoms with Crippen LogP contribution in [-0.4, -0.2) is 12.6 Å². The van der Waals surface area contributed by atoms with Crippen molar-refractivity contribution in [3.8, 4) is 0 Å². The molecular weight excluding hydrogens is 266 g/mol. The summed E-state index contributed by atoms with van der Waals surface area (Å²) >= 11 is 6.35. The van der Waals surface area contributed by atoms with Crippen LogP contribution in [0.15, 0.2) is 24.3 Å². The van der Waals surface area contributed by atoms with Crippen molar-refractivity contribution >= 4 is 11.6 Å². The van der Waals surface area contributed by atoms with E-state index in [0.29, 0.717) is 6.04 Å². The van der Waals surface area contributed by atoms with Crippen molar-refractivity contribution in [2.24, 2.45) is 11.8 Å². The monoisotopic (exact) mass is 293 g/mol. The predicted molar refractivity (Wildman–Crippen MR) is 88.4 cm³/mol. The minimum Gasteiger partial charge on any atom is -0.314 e. The molecule has 2 rings (SSSR count). The molecule has 1 nitrogen and oxygen atoms in total. The van der Waals surface area contributed by atoms with Gasteiger partial charge in [0, 0.05) is 11.1 Å². The second kappa shape index (κ2) is 8.05. The topological polar surface area (TPSA) is 12.0 Å². The third-order valence-electron chi connectivity index (χ3n) is 4.54. The largest absolute Gasteiger partial charge is 0.314 e. The smallest absolute Gasteiger partial charge is 0.0438 e. The van der Waals surface area contributed by atoms with E-state index in [1.807, 2.05) is 12.1 Å². The molecule has 112 valence electrons. The zero-order chi connectivity index (χ0) is 14.4. The summed E-state index contributed by atoms with van der Waals surface area (Å²) < 4.78 is 0. The Balaban J connectivity index is 2.03. The summed E-state index contributed by atoms with van der Waals surface area (Å²) in [6, 6.07) is 8.90. The van der Waals surface area contributed by atoms with E-state index in [0.717, 1.165) is 29.8 Å². The summed E-state index contributed by atoms with van der Waals surface area (Å²) in [6.45, 7) is 5.58. The highest BCUT2D eigenvalue weighted by Crippen LogP contribution is 2.33. The molecule has 1 N–H and O–H groups in total. The summed E-state index contributed by atoms with van der Waals surface area (Å²) in [5, 5.41) is 4.57. The standard InChI is InChI=1S/C18H28ClN/c1-14(2)20-13-17(15-8-4-3-5-9-15)12-16-10-6-7-11-18(16)19/h6-7,10-11,14-15,17,20H,3-5,8-9,12-13H2,1-2H3. The van der Waals surface area contributed by atoms with Crippen LogP contribution in [0.4, 0.5) is 0 Å². The van der Waals surface area contributed by atoms with Crippen molar-refractivity contribution in [3.05, 3.63) is 34.9 Å². The fourth-order valence-corrected chi connectivity index (χ4v) is 3.56. The Labute approximate surface area is 129 Å². The lowest BCUT2D eigenvalue weighted by Crippen LogP contribution is -2.34. The van der Waals surface area contributed by atoms with Gasteiger partial charge in [0.1, 0.15) is 0 Å². The molecule has 1 aliphatic rings. The summed E-state index contributed by atoms with van der Waals surface area (Å²) in [5.74, 6) is 1.59. The molecule has 20 heavy (non-hydrogen) atoms. The van der Waals surface area contributed by atoms with Gasteiger partial charge in [-0.1, -0.05) is 75.8 Å². The van der Waals surface area contributed by atoms with E-state index in [9.17, 15) is 0 Å². The van der Waals surface area contributed by atoms with Gasteiger partial charge in [0.2, 0.25) is 0 Å². The molecule has 0 spiro atoms. The van der Waals surface area contributed by atoms with Gasteiger partial charge in [-0.3, -0.25) is 0 Å². The van der Waals surface area contributed by atoms with E-state index >= 15 is 0 Å². The van der Waals surface area contributed by atoms with E-state index in [1.165, 1.54) is 37.7 Å². The molecule has 0 amide bonds. The quantitative estimate of drug-likeness (QED) is 0.771. The number of hydrogen-bond acceptors (Lipinski definition) is 1. The number of rotatable bonds is 6. The van der Waals surface area contributed by atoms with Crippen molar-refractivity contribution in [3.63, 3.8) is 0 Å². The van der Waals surface area contributed by atoms with Crippen LogP contribution in [0.2, 0.25) is 5.02 Å². The molecule has 0 radical (unpaired) electrons. The average molecular weight is 294 g/mol. The Morgan fingerprint density at radius 1 is 1.15 bits per heavy atom. The minimum absolute atomic E-state index is 0.562. The van der Waals surface area contributed by atoms with Gasteiger partial charge in [-0.2, -0.15) is 0 Å². The molecule has 0 aliphatic heterocycles. The van der Waals surface area contributed by atoms with Crippen LogP contribution in [0.1, 0.15) is 51.5 Å². The Hall–Kier alpha value is -0.530. The van der Waals surface area contributed by atoms with Crippen molar-refractivity contribution in [1.82, 2.24) is 5.32 Å². The molecule has 1 aromatic rings. The van der Waals surface area contributed by atoms with Crippen LogP contribution in [0.5, 0.6) is 0 Å². The third kappa shape index (κ3) is 4.79. The van der Waals surface area contributed by atoms with Gasteiger partial charge in [-0.05, 0) is 36.4 Å². The molecule has 2 heteroatoms. The SMILES string of the molecule is CC(C)NCC(Cc1ccccc1Cl)C1CCCCC1. The highest BCUT2D eigenvalue weighted by Gasteiger charge is 2.24. The van der Waals surface area contributed by atoms with E-state index < -0.39 is 0 Å². The maximum atomic E-state index is 6.35. The lowest BCUT2D eigenvalue weighted by atomic mass is 9.77. The first kappa shape index (κ1) is 15.9. The zero-order valence-corrected chi connectivity index (χ0v) is 13.6. The Kier molecular flexibility index (Phi) is 6.38. The fourth-order valence-electron chi connectivity index (χ4n) is 3.34. The van der Waals surface area contributed by atoms with E-state index in [4.69, 9.17) is 11.6 Å². The van der Waals surface area contributed by atoms with Gasteiger partial charge in [-0.15, -0.1) is 0 Å². The summed E-state index contributed by atoms with van der Waals surface area (Å²) in [6.07, 6.45) is 8.15. The molecule has 1 aromatic carbocycles. The molecule has 0 saturated heterocycles. The van der Waals surface area contributed by atoms with Crippen LogP contribution in [0.25, 0.3) is 0 Å². The summed E-state index contributed by atoms with van der Waals surface area (Å²) in [4.78, 5) is 0. The molecule has 0 bridgehead atoms. The van der Waals surface area contributed by atoms with Crippen LogP contribution in [0, 0.1) is 11.8 Å². The highest BCUT2D eigenvalue weighted by atomic mass is 35.5. The van der Waals surface area contributed by atoms with Crippen molar-refractivity contribution in [2.45, 2.75) is 58.4 Å². The Bertz CT molecular complexity index is 396. The number of hydrogen-bond donors (Lipinski definition) is 1. The van der Waals surface area contributed by atoms with Crippen molar-refractivity contribution in [1.29, 1.82) is 0 Å². The molecule has 1 fully saturated rings. The third-order valence-corrected chi connectivity index (χ3v) is 4.91. The van der Waals surface area contributed by atoms with Gasteiger partial charge in [0.15, 0.2) is 0 Å². The maximum Gasteiger partial charge on any atom is 0.0438 e. The van der Waals surface area contributed by atoms with Gasteiger partial charge in [0.05, 0.1) is 0 Å². The van der Waals surface area contributed by atoms with Crippen molar-refractivity contribution < 1.29 is 0 Å². The van der Waals surface area contributed by atoms with Gasteiger partial charge < -0.3 is 5.32 Å². The number of halogens is 1. The van der Waals surface area contributed by atoms with Gasteiger partial charge in [0.25, 0.3) is 0 Å². The van der Waals surface area contributed by atoms with Gasteiger partial charge >= 0.3 is 0 Å². The Morgan fingerprint density at radius 3 is 2.50 bits per heavy atom. The second-order valence-electron chi connectivity index (χ2n) is 6.52. The number of benzene rings is 1. The predicted octanol–water partition coefficient (Wildman–Crippen LogP) is 5.08.